The topological polar surface area (TPSA) is 102 Å². The van der Waals surface area contributed by atoms with Gasteiger partial charge in [-0.15, -0.1) is 0 Å². The van der Waals surface area contributed by atoms with Crippen molar-refractivity contribution in [3.8, 4) is 5.75 Å². The van der Waals surface area contributed by atoms with Gasteiger partial charge in [-0.2, -0.15) is 0 Å². The molecule has 3 rings (SSSR count). The molecule has 1 aliphatic heterocycles. The molecular weight excluding hydrogens is 418 g/mol. The van der Waals surface area contributed by atoms with Gasteiger partial charge in [-0.3, -0.25) is 10.1 Å². The van der Waals surface area contributed by atoms with Crippen LogP contribution in [-0.4, -0.2) is 39.6 Å². The second-order valence-corrected chi connectivity index (χ2v) is 9.01. The minimum absolute atomic E-state index is 0.0499. The zero-order valence-electron chi connectivity index (χ0n) is 16.1. The maximum absolute atomic E-state index is 12.7. The Morgan fingerprint density at radius 2 is 1.83 bits per heavy atom. The third kappa shape index (κ3) is 4.80. The molecule has 10 heteroatoms. The lowest BCUT2D eigenvalue weighted by molar-refractivity contribution is -0.385. The number of nitrogens with zero attached hydrogens (tertiary/aromatic N) is 2. The molecule has 1 heterocycles. The fourth-order valence-corrected chi connectivity index (χ4v) is 4.95. The van der Waals surface area contributed by atoms with Gasteiger partial charge in [-0.25, -0.2) is 13.1 Å². The van der Waals surface area contributed by atoms with E-state index in [1.807, 2.05) is 24.3 Å². The second-order valence-electron chi connectivity index (χ2n) is 6.89. The Morgan fingerprint density at radius 3 is 2.38 bits per heavy atom. The molecule has 0 aromatic heterocycles. The zero-order chi connectivity index (χ0) is 21.2. The number of methoxy groups -OCH3 is 1. The van der Waals surface area contributed by atoms with Crippen molar-refractivity contribution in [1.29, 1.82) is 0 Å². The predicted octanol–water partition coefficient (Wildman–Crippen LogP) is 3.51. The number of anilines is 1. The maximum Gasteiger partial charge on any atom is 0.275 e. The van der Waals surface area contributed by atoms with Crippen LogP contribution in [0.4, 0.5) is 11.4 Å². The summed E-state index contributed by atoms with van der Waals surface area (Å²) in [5.74, 6) is 0.780. The number of hydrogen-bond acceptors (Lipinski definition) is 6. The van der Waals surface area contributed by atoms with Crippen LogP contribution in [0.15, 0.2) is 41.3 Å². The monoisotopic (exact) mass is 439 g/mol. The van der Waals surface area contributed by atoms with E-state index in [9.17, 15) is 18.5 Å². The maximum atomic E-state index is 12.7. The average molecular weight is 440 g/mol. The van der Waals surface area contributed by atoms with Gasteiger partial charge in [0.1, 0.15) is 5.75 Å². The fraction of sp³-hybridized carbons (Fsp3) is 0.368. The Balaban J connectivity index is 1.68. The SMILES string of the molecule is COc1ccc(N2CCC(NS(=O)(=O)c3cc(Cl)c(C)c([N+](=O)[O-])c3)CC2)cc1. The summed E-state index contributed by atoms with van der Waals surface area (Å²) in [7, 11) is -2.31. The third-order valence-electron chi connectivity index (χ3n) is 5.05. The highest BCUT2D eigenvalue weighted by Crippen LogP contribution is 2.30. The van der Waals surface area contributed by atoms with Crippen LogP contribution in [0.1, 0.15) is 18.4 Å². The van der Waals surface area contributed by atoms with Crippen LogP contribution in [0.5, 0.6) is 5.75 Å². The second kappa shape index (κ2) is 8.56. The van der Waals surface area contributed by atoms with Crippen molar-refractivity contribution >= 4 is 33.0 Å². The van der Waals surface area contributed by atoms with E-state index < -0.39 is 14.9 Å². The minimum atomic E-state index is -3.92. The summed E-state index contributed by atoms with van der Waals surface area (Å²) in [6, 6.07) is 9.76. The number of nitrogens with one attached hydrogen (secondary N) is 1. The van der Waals surface area contributed by atoms with E-state index in [0.717, 1.165) is 17.5 Å². The van der Waals surface area contributed by atoms with Crippen LogP contribution in [-0.2, 0) is 10.0 Å². The van der Waals surface area contributed by atoms with Crippen LogP contribution in [0.2, 0.25) is 5.02 Å². The first kappa shape index (κ1) is 21.4. The average Bonchev–Trinajstić information content (AvgIpc) is 2.70. The molecule has 2 aromatic carbocycles. The van der Waals surface area contributed by atoms with Crippen LogP contribution >= 0.6 is 11.6 Å². The molecular formula is C19H22ClN3O5S. The van der Waals surface area contributed by atoms with Gasteiger partial charge in [0.2, 0.25) is 10.0 Å². The van der Waals surface area contributed by atoms with E-state index in [4.69, 9.17) is 16.3 Å². The summed E-state index contributed by atoms with van der Waals surface area (Å²) in [5.41, 5.74) is 0.976. The highest BCUT2D eigenvalue weighted by Gasteiger charge is 2.27. The largest absolute Gasteiger partial charge is 0.497 e. The standard InChI is InChI=1S/C19H22ClN3O5S/c1-13-18(20)11-17(12-19(13)23(24)25)29(26,27)21-14-7-9-22(10-8-14)15-3-5-16(28-2)6-4-15/h3-6,11-12,14,21H,7-10H2,1-2H3. The quantitative estimate of drug-likeness (QED) is 0.545. The molecule has 8 nitrogen and oxygen atoms in total. The lowest BCUT2D eigenvalue weighted by Crippen LogP contribution is -2.44. The van der Waals surface area contributed by atoms with Crippen LogP contribution in [0.3, 0.4) is 0 Å². The van der Waals surface area contributed by atoms with E-state index >= 15 is 0 Å². The molecule has 1 saturated heterocycles. The van der Waals surface area contributed by atoms with Crippen molar-refractivity contribution in [1.82, 2.24) is 4.72 Å². The number of halogens is 1. The van der Waals surface area contributed by atoms with Gasteiger partial charge < -0.3 is 9.64 Å². The lowest BCUT2D eigenvalue weighted by atomic mass is 10.1. The van der Waals surface area contributed by atoms with Crippen molar-refractivity contribution in [2.24, 2.45) is 0 Å². The van der Waals surface area contributed by atoms with Crippen molar-refractivity contribution in [2.75, 3.05) is 25.1 Å². The summed E-state index contributed by atoms with van der Waals surface area (Å²) in [4.78, 5) is 12.5. The number of nitro groups is 1. The predicted molar refractivity (Wildman–Crippen MR) is 111 cm³/mol. The molecule has 0 saturated carbocycles. The number of ether oxygens (including phenoxy) is 1. The van der Waals surface area contributed by atoms with Gasteiger partial charge in [-0.05, 0) is 50.1 Å². The molecule has 0 aliphatic carbocycles. The molecule has 0 atom stereocenters. The van der Waals surface area contributed by atoms with E-state index in [1.165, 1.54) is 13.0 Å². The number of benzene rings is 2. The normalized spacial score (nSPS) is 15.3. The highest BCUT2D eigenvalue weighted by molar-refractivity contribution is 7.89. The summed E-state index contributed by atoms with van der Waals surface area (Å²) >= 11 is 6.01. The number of hydrogen-bond donors (Lipinski definition) is 1. The number of nitro benzene ring substituents is 1. The van der Waals surface area contributed by atoms with Gasteiger partial charge in [-0.1, -0.05) is 11.6 Å². The van der Waals surface area contributed by atoms with Gasteiger partial charge in [0.05, 0.1) is 22.0 Å². The van der Waals surface area contributed by atoms with Crippen LogP contribution < -0.4 is 14.4 Å². The molecule has 1 aliphatic rings. The first-order valence-corrected chi connectivity index (χ1v) is 10.9. The molecule has 1 N–H and O–H groups in total. The van der Waals surface area contributed by atoms with E-state index in [2.05, 4.69) is 9.62 Å². The number of rotatable bonds is 6. The van der Waals surface area contributed by atoms with E-state index in [-0.39, 0.29) is 27.2 Å². The molecule has 156 valence electrons. The summed E-state index contributed by atoms with van der Waals surface area (Å²) < 4.78 is 33.3. The van der Waals surface area contributed by atoms with Gasteiger partial charge >= 0.3 is 0 Å². The smallest absolute Gasteiger partial charge is 0.275 e. The Kier molecular flexibility index (Phi) is 6.30. The Hall–Kier alpha value is -2.36. The lowest BCUT2D eigenvalue weighted by Gasteiger charge is -2.33. The first-order valence-electron chi connectivity index (χ1n) is 9.07. The molecule has 0 unspecified atom stereocenters. The molecule has 29 heavy (non-hydrogen) atoms. The summed E-state index contributed by atoms with van der Waals surface area (Å²) in [6.45, 7) is 2.86. The summed E-state index contributed by atoms with van der Waals surface area (Å²) in [5, 5.41) is 11.2. The Morgan fingerprint density at radius 1 is 1.21 bits per heavy atom. The highest BCUT2D eigenvalue weighted by atomic mass is 35.5. The zero-order valence-corrected chi connectivity index (χ0v) is 17.7. The first-order chi connectivity index (χ1) is 13.7. The van der Waals surface area contributed by atoms with Crippen LogP contribution in [0.25, 0.3) is 0 Å². The van der Waals surface area contributed by atoms with Gasteiger partial charge in [0.25, 0.3) is 5.69 Å². The van der Waals surface area contributed by atoms with Crippen molar-refractivity contribution in [3.05, 3.63) is 57.1 Å². The van der Waals surface area contributed by atoms with Crippen LogP contribution in [0, 0.1) is 17.0 Å². The molecule has 0 bridgehead atoms. The van der Waals surface area contributed by atoms with Gasteiger partial charge in [0.15, 0.2) is 0 Å². The molecule has 2 aromatic rings. The third-order valence-corrected chi connectivity index (χ3v) is 6.94. The fourth-order valence-electron chi connectivity index (χ4n) is 3.32. The van der Waals surface area contributed by atoms with Crippen molar-refractivity contribution < 1.29 is 18.1 Å². The number of piperidine rings is 1. The van der Waals surface area contributed by atoms with Crippen molar-refractivity contribution in [2.45, 2.75) is 30.7 Å². The molecule has 0 radical (unpaired) electrons. The van der Waals surface area contributed by atoms with E-state index in [1.54, 1.807) is 7.11 Å². The minimum Gasteiger partial charge on any atom is -0.497 e. The van der Waals surface area contributed by atoms with E-state index in [0.29, 0.717) is 25.9 Å². The van der Waals surface area contributed by atoms with Gasteiger partial charge in [0, 0.05) is 36.4 Å². The Labute approximate surface area is 174 Å². The van der Waals surface area contributed by atoms with Crippen molar-refractivity contribution in [3.63, 3.8) is 0 Å². The summed E-state index contributed by atoms with van der Waals surface area (Å²) in [6.07, 6.45) is 1.24. The Bertz CT molecular complexity index is 1000. The molecule has 1 fully saturated rings. The molecule has 0 amide bonds. The molecule has 0 spiro atoms. The number of sulfonamides is 1.